The van der Waals surface area contributed by atoms with Crippen LogP contribution >= 0.6 is 0 Å². The first-order valence-corrected chi connectivity index (χ1v) is 9.76. The summed E-state index contributed by atoms with van der Waals surface area (Å²) in [4.78, 5) is 34.0. The molecule has 6 nitrogen and oxygen atoms in total. The van der Waals surface area contributed by atoms with Crippen LogP contribution in [0.1, 0.15) is 32.0 Å². The van der Waals surface area contributed by atoms with Crippen molar-refractivity contribution >= 4 is 28.9 Å². The minimum atomic E-state index is -0.341. The predicted molar refractivity (Wildman–Crippen MR) is 121 cm³/mol. The van der Waals surface area contributed by atoms with Crippen LogP contribution in [0, 0.1) is 6.92 Å². The van der Waals surface area contributed by atoms with Crippen molar-refractivity contribution in [2.45, 2.75) is 6.92 Å². The number of aryl methyl sites for hydroxylation is 1. The zero-order chi connectivity index (χ0) is 21.6. The van der Waals surface area contributed by atoms with Gasteiger partial charge in [0.2, 0.25) is 0 Å². The summed E-state index contributed by atoms with van der Waals surface area (Å²) in [5.74, 6) is 0.163. The number of hydrogen-bond donors (Lipinski definition) is 2. The van der Waals surface area contributed by atoms with Gasteiger partial charge in [0.15, 0.2) is 5.78 Å². The van der Waals surface area contributed by atoms with E-state index in [2.05, 4.69) is 20.6 Å². The van der Waals surface area contributed by atoms with E-state index >= 15 is 0 Å². The lowest BCUT2D eigenvalue weighted by Gasteiger charge is -2.11. The van der Waals surface area contributed by atoms with E-state index in [0.29, 0.717) is 28.2 Å². The topological polar surface area (TPSA) is 84.0 Å². The van der Waals surface area contributed by atoms with Gasteiger partial charge in [-0.25, -0.2) is 9.97 Å². The van der Waals surface area contributed by atoms with Crippen LogP contribution in [0.3, 0.4) is 0 Å². The summed E-state index contributed by atoms with van der Waals surface area (Å²) in [7, 11) is 0. The summed E-state index contributed by atoms with van der Waals surface area (Å²) in [6.07, 6.45) is 1.50. The average Bonchev–Trinajstić information content (AvgIpc) is 2.80. The third-order valence-electron chi connectivity index (χ3n) is 4.67. The lowest BCUT2D eigenvalue weighted by atomic mass is 9.98. The monoisotopic (exact) mass is 408 g/mol. The van der Waals surface area contributed by atoms with Gasteiger partial charge in [-0.15, -0.1) is 0 Å². The van der Waals surface area contributed by atoms with Crippen LogP contribution in [0.15, 0.2) is 91.3 Å². The zero-order valence-corrected chi connectivity index (χ0v) is 16.9. The predicted octanol–water partition coefficient (Wildman–Crippen LogP) is 5.01. The maximum absolute atomic E-state index is 12.9. The molecule has 3 aromatic carbocycles. The number of amides is 1. The molecule has 0 aliphatic heterocycles. The number of carbonyl (C=O) groups excluding carboxylic acids is 2. The highest BCUT2D eigenvalue weighted by Crippen LogP contribution is 2.20. The van der Waals surface area contributed by atoms with E-state index in [1.807, 2.05) is 31.2 Å². The van der Waals surface area contributed by atoms with E-state index < -0.39 is 0 Å². The van der Waals surface area contributed by atoms with Crippen molar-refractivity contribution in [3.05, 3.63) is 114 Å². The van der Waals surface area contributed by atoms with Gasteiger partial charge in [-0.2, -0.15) is 0 Å². The molecule has 0 aliphatic carbocycles. The smallest absolute Gasteiger partial charge is 0.256 e. The highest BCUT2D eigenvalue weighted by Gasteiger charge is 2.18. The molecule has 0 unspecified atom stereocenters. The summed E-state index contributed by atoms with van der Waals surface area (Å²) < 4.78 is 0. The summed E-state index contributed by atoms with van der Waals surface area (Å²) in [5.41, 5.74) is 3.55. The highest BCUT2D eigenvalue weighted by molar-refractivity contribution is 6.17. The number of aromatic nitrogens is 2. The number of ketones is 1. The molecule has 31 heavy (non-hydrogen) atoms. The molecule has 2 N–H and O–H groups in total. The Morgan fingerprint density at radius 3 is 2.10 bits per heavy atom. The van der Waals surface area contributed by atoms with Crippen LogP contribution in [0.25, 0.3) is 0 Å². The van der Waals surface area contributed by atoms with Gasteiger partial charge in [0.1, 0.15) is 12.1 Å². The van der Waals surface area contributed by atoms with E-state index in [9.17, 15) is 9.59 Å². The zero-order valence-electron chi connectivity index (χ0n) is 16.9. The Labute approximate surface area is 180 Å². The third-order valence-corrected chi connectivity index (χ3v) is 4.67. The standard InChI is InChI=1S/C25H20N4O2/c1-17-15-23(27-16-26-17)28-19-11-13-20(14-12-19)29-25(31)22-10-6-5-9-21(22)24(30)18-7-3-2-4-8-18/h2-16H,1H3,(H,29,31)(H,26,27,28). The molecule has 6 heteroatoms. The fourth-order valence-electron chi connectivity index (χ4n) is 3.13. The van der Waals surface area contributed by atoms with Gasteiger partial charge < -0.3 is 10.6 Å². The molecule has 0 atom stereocenters. The molecular formula is C25H20N4O2. The van der Waals surface area contributed by atoms with Crippen LogP contribution in [-0.2, 0) is 0 Å². The van der Waals surface area contributed by atoms with Crippen LogP contribution in [0.4, 0.5) is 17.2 Å². The normalized spacial score (nSPS) is 10.4. The molecule has 4 rings (SSSR count). The molecule has 1 aromatic heterocycles. The molecule has 0 aliphatic rings. The SMILES string of the molecule is Cc1cc(Nc2ccc(NC(=O)c3ccccc3C(=O)c3ccccc3)cc2)ncn1. The van der Waals surface area contributed by atoms with Crippen molar-refractivity contribution in [3.8, 4) is 0 Å². The Hall–Kier alpha value is -4.32. The van der Waals surface area contributed by atoms with E-state index in [1.165, 1.54) is 6.33 Å². The first-order valence-electron chi connectivity index (χ1n) is 9.76. The van der Waals surface area contributed by atoms with Gasteiger partial charge in [0, 0.05) is 34.3 Å². The molecule has 0 bridgehead atoms. The molecule has 1 amide bonds. The second-order valence-corrected chi connectivity index (χ2v) is 6.94. The molecule has 152 valence electrons. The Kier molecular flexibility index (Phi) is 5.80. The second-order valence-electron chi connectivity index (χ2n) is 6.94. The van der Waals surface area contributed by atoms with Gasteiger partial charge in [0.05, 0.1) is 5.56 Å². The van der Waals surface area contributed by atoms with Crippen LogP contribution in [0.2, 0.25) is 0 Å². The van der Waals surface area contributed by atoms with Crippen molar-refractivity contribution in [1.29, 1.82) is 0 Å². The van der Waals surface area contributed by atoms with Crippen molar-refractivity contribution in [1.82, 2.24) is 9.97 Å². The molecule has 0 spiro atoms. The number of anilines is 3. The number of hydrogen-bond acceptors (Lipinski definition) is 5. The van der Waals surface area contributed by atoms with Gasteiger partial charge in [-0.3, -0.25) is 9.59 Å². The van der Waals surface area contributed by atoms with Gasteiger partial charge in [0.25, 0.3) is 5.91 Å². The third kappa shape index (κ3) is 4.82. The maximum Gasteiger partial charge on any atom is 0.256 e. The quantitative estimate of drug-likeness (QED) is 0.438. The van der Waals surface area contributed by atoms with Crippen LogP contribution in [-0.4, -0.2) is 21.7 Å². The van der Waals surface area contributed by atoms with Crippen LogP contribution < -0.4 is 10.6 Å². The Morgan fingerprint density at radius 2 is 1.39 bits per heavy atom. The van der Waals surface area contributed by atoms with Gasteiger partial charge in [-0.05, 0) is 37.3 Å². The van der Waals surface area contributed by atoms with E-state index in [4.69, 9.17) is 0 Å². The van der Waals surface area contributed by atoms with Crippen molar-refractivity contribution in [2.24, 2.45) is 0 Å². The molecule has 0 saturated carbocycles. The minimum absolute atomic E-state index is 0.189. The summed E-state index contributed by atoms with van der Waals surface area (Å²) in [5, 5.41) is 6.05. The van der Waals surface area contributed by atoms with Crippen molar-refractivity contribution in [2.75, 3.05) is 10.6 Å². The number of nitrogens with one attached hydrogen (secondary N) is 2. The lowest BCUT2D eigenvalue weighted by molar-refractivity contribution is 0.0996. The first-order chi connectivity index (χ1) is 15.1. The molecule has 1 heterocycles. The number of nitrogens with zero attached hydrogens (tertiary/aromatic N) is 2. The second kappa shape index (κ2) is 9.00. The molecule has 0 radical (unpaired) electrons. The van der Waals surface area contributed by atoms with E-state index in [0.717, 1.165) is 11.4 Å². The number of carbonyl (C=O) groups is 2. The lowest BCUT2D eigenvalue weighted by Crippen LogP contribution is -2.17. The molecule has 0 fully saturated rings. The Bertz CT molecular complexity index is 1220. The highest BCUT2D eigenvalue weighted by atomic mass is 16.2. The summed E-state index contributed by atoms with van der Waals surface area (Å²) >= 11 is 0. The molecule has 4 aromatic rings. The fraction of sp³-hybridized carbons (Fsp3) is 0.0400. The van der Waals surface area contributed by atoms with Crippen LogP contribution in [0.5, 0.6) is 0 Å². The maximum atomic E-state index is 12.9. The largest absolute Gasteiger partial charge is 0.340 e. The first kappa shape index (κ1) is 20.0. The molecular weight excluding hydrogens is 388 g/mol. The summed E-state index contributed by atoms with van der Waals surface area (Å²) in [6, 6.07) is 24.8. The summed E-state index contributed by atoms with van der Waals surface area (Å²) in [6.45, 7) is 1.89. The Morgan fingerprint density at radius 1 is 0.742 bits per heavy atom. The molecule has 0 saturated heterocycles. The number of rotatable bonds is 6. The minimum Gasteiger partial charge on any atom is -0.340 e. The number of benzene rings is 3. The fourth-order valence-corrected chi connectivity index (χ4v) is 3.13. The van der Waals surface area contributed by atoms with E-state index in [-0.39, 0.29) is 11.7 Å². The Balaban J connectivity index is 1.49. The van der Waals surface area contributed by atoms with Gasteiger partial charge >= 0.3 is 0 Å². The van der Waals surface area contributed by atoms with Gasteiger partial charge in [-0.1, -0.05) is 48.5 Å². The van der Waals surface area contributed by atoms with Crippen molar-refractivity contribution in [3.63, 3.8) is 0 Å². The van der Waals surface area contributed by atoms with E-state index in [1.54, 1.807) is 60.7 Å². The van der Waals surface area contributed by atoms with Crippen molar-refractivity contribution < 1.29 is 9.59 Å². The average molecular weight is 408 g/mol.